The summed E-state index contributed by atoms with van der Waals surface area (Å²) in [6.07, 6.45) is 124. The lowest BCUT2D eigenvalue weighted by molar-refractivity contribution is -0.161. The van der Waals surface area contributed by atoms with Crippen molar-refractivity contribution in [2.24, 2.45) is 0 Å². The quantitative estimate of drug-likeness (QED) is 0.0373. The summed E-state index contributed by atoms with van der Waals surface area (Å²) in [4.78, 5) is 24.7. The Morgan fingerprint density at radius 3 is 0.707 bits per heavy atom. The van der Waals surface area contributed by atoms with Gasteiger partial charge in [-0.1, -0.05) is 370 Å². The molecule has 1 atom stereocenters. The van der Waals surface area contributed by atoms with Gasteiger partial charge >= 0.3 is 11.9 Å². The van der Waals surface area contributed by atoms with Crippen LogP contribution in [-0.2, 0) is 19.1 Å². The molecule has 0 saturated carbocycles. The molecule has 0 spiro atoms. The van der Waals surface area contributed by atoms with E-state index in [4.69, 9.17) is 9.47 Å². The first kappa shape index (κ1) is 87.3. The summed E-state index contributed by atoms with van der Waals surface area (Å²) in [5, 5.41) is 9.72. The van der Waals surface area contributed by atoms with Crippen LogP contribution in [-0.4, -0.2) is 36.4 Å². The molecule has 0 aromatic heterocycles. The summed E-state index contributed by atoms with van der Waals surface area (Å²) in [6, 6.07) is 0. The van der Waals surface area contributed by atoms with Gasteiger partial charge in [0.05, 0.1) is 6.61 Å². The van der Waals surface area contributed by atoms with Crippen molar-refractivity contribution >= 4 is 11.9 Å². The molecule has 0 aliphatic carbocycles. The van der Waals surface area contributed by atoms with E-state index in [0.717, 1.165) is 141 Å². The topological polar surface area (TPSA) is 72.8 Å². The van der Waals surface area contributed by atoms with Gasteiger partial charge in [0, 0.05) is 12.8 Å². The maximum atomic E-state index is 12.4. The Morgan fingerprint density at radius 2 is 0.467 bits per heavy atom. The first-order chi connectivity index (χ1) is 45.6. The summed E-state index contributed by atoms with van der Waals surface area (Å²) in [5.74, 6) is -0.611. The van der Waals surface area contributed by atoms with E-state index < -0.39 is 6.10 Å². The molecule has 1 unspecified atom stereocenters. The van der Waals surface area contributed by atoms with E-state index in [1.54, 1.807) is 0 Å². The van der Waals surface area contributed by atoms with Crippen molar-refractivity contribution < 1.29 is 24.2 Å². The number of carbonyl (C=O) groups is 2. The summed E-state index contributed by atoms with van der Waals surface area (Å²) < 4.78 is 10.8. The minimum absolute atomic E-state index is 0.0803. The minimum Gasteiger partial charge on any atom is -0.462 e. The van der Waals surface area contributed by atoms with Gasteiger partial charge in [0.15, 0.2) is 6.10 Å². The predicted molar refractivity (Wildman–Crippen MR) is 407 cm³/mol. The SMILES string of the molecule is CC/C=C\C/C=C\C/C=C\C/C=C\C/C=C\C/C=C\C/C=C\C/C=C\C/C=C\C/C=C\C/C=C\CCCCCCCC(=O)OC(CO)COC(=O)CCCCCCCCCCCCCCCCCCCCCCCCCC/C=C\C/C=C\C/C=C\CCCCCCC. The number of ether oxygens (including phenoxy) is 2. The van der Waals surface area contributed by atoms with Crippen LogP contribution in [0.4, 0.5) is 0 Å². The zero-order chi connectivity index (χ0) is 66.1. The number of hydrogen-bond donors (Lipinski definition) is 1. The summed E-state index contributed by atoms with van der Waals surface area (Å²) in [7, 11) is 0. The highest BCUT2D eigenvalue weighted by atomic mass is 16.6. The Labute approximate surface area is 570 Å². The monoisotopic (exact) mass is 1270 g/mol. The third-order valence-corrected chi connectivity index (χ3v) is 16.5. The van der Waals surface area contributed by atoms with Crippen LogP contribution in [0.2, 0.25) is 0 Å². The van der Waals surface area contributed by atoms with E-state index in [-0.39, 0.29) is 25.2 Å². The maximum absolute atomic E-state index is 12.4. The van der Waals surface area contributed by atoms with Gasteiger partial charge in [-0.15, -0.1) is 0 Å². The Bertz CT molecular complexity index is 1980. The smallest absolute Gasteiger partial charge is 0.306 e. The summed E-state index contributed by atoms with van der Waals surface area (Å²) in [6.45, 7) is 4.02. The third-order valence-electron chi connectivity index (χ3n) is 16.5. The van der Waals surface area contributed by atoms with E-state index in [2.05, 4.69) is 184 Å². The molecule has 0 heterocycles. The van der Waals surface area contributed by atoms with Crippen LogP contribution in [0.25, 0.3) is 0 Å². The van der Waals surface area contributed by atoms with Crippen molar-refractivity contribution in [2.45, 2.75) is 354 Å². The standard InChI is InChI=1S/C87H144O5/c1-3-5-7-9-11-13-15-17-19-21-23-25-27-29-31-33-35-37-39-41-43-45-47-49-51-53-55-57-59-61-63-65-67-69-71-73-75-77-79-81-86(89)91-84-85(83-88)92-87(90)82-80-78-76-74-72-70-68-66-64-62-60-58-56-54-52-50-48-46-44-42-40-38-36-34-32-30-28-26-24-22-20-18-16-14-12-10-8-6-4-2/h6,8,12,14-15,17-18,20-21,23-24,26-27,29-30,32,36,38,42,44,48,50,54,56,60,62,66,68,85,88H,3-5,7,9-11,13,16,19,22,25,28,31,33-35,37,39-41,43,45-47,49,51-53,55,57-59,61,63-65,67,69-84H2,1-2H3/b8-6-,14-12-,17-15-,20-18-,23-21-,26-24-,29-27-,32-30-,38-36-,44-42-,50-48-,56-54-,62-60-,68-66-. The molecule has 0 aliphatic rings. The number of aliphatic hydroxyl groups is 1. The number of esters is 2. The van der Waals surface area contributed by atoms with Gasteiger partial charge in [-0.3, -0.25) is 9.59 Å². The van der Waals surface area contributed by atoms with Crippen LogP contribution in [0.15, 0.2) is 170 Å². The van der Waals surface area contributed by atoms with Crippen LogP contribution in [0, 0.1) is 0 Å². The molecular weight excluding hydrogens is 1120 g/mol. The van der Waals surface area contributed by atoms with Crippen LogP contribution in [0.1, 0.15) is 348 Å². The summed E-state index contributed by atoms with van der Waals surface area (Å²) in [5.41, 5.74) is 0. The van der Waals surface area contributed by atoms with E-state index in [1.165, 1.54) is 180 Å². The number of aliphatic hydroxyl groups excluding tert-OH is 1. The van der Waals surface area contributed by atoms with Crippen molar-refractivity contribution in [3.05, 3.63) is 170 Å². The van der Waals surface area contributed by atoms with Crippen molar-refractivity contribution in [3.8, 4) is 0 Å². The fourth-order valence-electron chi connectivity index (χ4n) is 10.7. The average molecular weight is 1270 g/mol. The zero-order valence-electron chi connectivity index (χ0n) is 60.0. The average Bonchev–Trinajstić information content (AvgIpc) is 3.75. The lowest BCUT2D eigenvalue weighted by Crippen LogP contribution is -2.28. The van der Waals surface area contributed by atoms with Gasteiger partial charge in [0.1, 0.15) is 6.61 Å². The molecule has 0 aliphatic heterocycles. The zero-order valence-corrected chi connectivity index (χ0v) is 60.0. The fraction of sp³-hybridized carbons (Fsp3) is 0.655. The largest absolute Gasteiger partial charge is 0.462 e. The Kier molecular flexibility index (Phi) is 76.3. The second kappa shape index (κ2) is 80.5. The molecule has 0 saturated heterocycles. The van der Waals surface area contributed by atoms with Crippen LogP contribution in [0.5, 0.6) is 0 Å². The molecule has 0 radical (unpaired) electrons. The Hall–Kier alpha value is -4.74. The van der Waals surface area contributed by atoms with Gasteiger partial charge in [-0.2, -0.15) is 0 Å². The van der Waals surface area contributed by atoms with Gasteiger partial charge < -0.3 is 14.6 Å². The molecule has 0 amide bonds. The highest BCUT2D eigenvalue weighted by Gasteiger charge is 2.16. The molecular formula is C87H144O5. The normalized spacial score (nSPS) is 13.2. The van der Waals surface area contributed by atoms with Crippen LogP contribution >= 0.6 is 0 Å². The number of carbonyl (C=O) groups excluding carboxylic acids is 2. The van der Waals surface area contributed by atoms with Gasteiger partial charge in [-0.25, -0.2) is 0 Å². The molecule has 1 N–H and O–H groups in total. The Balaban J connectivity index is 3.54. The number of unbranched alkanes of at least 4 members (excludes halogenated alkanes) is 34. The van der Waals surface area contributed by atoms with Gasteiger partial charge in [0.25, 0.3) is 0 Å². The first-order valence-corrected chi connectivity index (χ1v) is 38.7. The van der Waals surface area contributed by atoms with Gasteiger partial charge in [0.2, 0.25) is 0 Å². The molecule has 0 rings (SSSR count). The molecule has 0 fully saturated rings. The number of allylic oxidation sites excluding steroid dienone is 28. The lowest BCUT2D eigenvalue weighted by atomic mass is 10.0. The van der Waals surface area contributed by atoms with Crippen LogP contribution in [0.3, 0.4) is 0 Å². The molecule has 5 nitrogen and oxygen atoms in total. The Morgan fingerprint density at radius 1 is 0.261 bits per heavy atom. The molecule has 0 bridgehead atoms. The number of rotatable bonds is 70. The van der Waals surface area contributed by atoms with Crippen molar-refractivity contribution in [1.29, 1.82) is 0 Å². The van der Waals surface area contributed by atoms with Crippen molar-refractivity contribution in [2.75, 3.05) is 13.2 Å². The highest BCUT2D eigenvalue weighted by Crippen LogP contribution is 2.18. The van der Waals surface area contributed by atoms with Crippen LogP contribution < -0.4 is 0 Å². The minimum atomic E-state index is -0.795. The highest BCUT2D eigenvalue weighted by molar-refractivity contribution is 5.70. The lowest BCUT2D eigenvalue weighted by Gasteiger charge is -2.15. The summed E-state index contributed by atoms with van der Waals surface area (Å²) >= 11 is 0. The molecule has 0 aromatic rings. The van der Waals surface area contributed by atoms with Crippen molar-refractivity contribution in [1.82, 2.24) is 0 Å². The van der Waals surface area contributed by atoms with E-state index in [1.807, 2.05) is 0 Å². The molecule has 522 valence electrons. The molecule has 5 heteroatoms. The molecule has 92 heavy (non-hydrogen) atoms. The first-order valence-electron chi connectivity index (χ1n) is 38.7. The third kappa shape index (κ3) is 77.7. The van der Waals surface area contributed by atoms with Crippen molar-refractivity contribution in [3.63, 3.8) is 0 Å². The molecule has 0 aromatic carbocycles. The fourth-order valence-corrected chi connectivity index (χ4v) is 10.7. The van der Waals surface area contributed by atoms with E-state index >= 15 is 0 Å². The van der Waals surface area contributed by atoms with Gasteiger partial charge in [-0.05, 0) is 135 Å². The predicted octanol–water partition coefficient (Wildman–Crippen LogP) is 27.5. The maximum Gasteiger partial charge on any atom is 0.306 e. The van der Waals surface area contributed by atoms with E-state index in [9.17, 15) is 14.7 Å². The second-order valence-corrected chi connectivity index (χ2v) is 25.3. The second-order valence-electron chi connectivity index (χ2n) is 25.3. The van der Waals surface area contributed by atoms with E-state index in [0.29, 0.717) is 12.8 Å². The number of hydrogen-bond acceptors (Lipinski definition) is 5.